The van der Waals surface area contributed by atoms with Gasteiger partial charge in [0.05, 0.1) is 12.5 Å². The number of carbonyl (C=O) groups excluding carboxylic acids is 3. The van der Waals surface area contributed by atoms with Gasteiger partial charge in [0.15, 0.2) is 0 Å². The van der Waals surface area contributed by atoms with Crippen molar-refractivity contribution < 1.29 is 34.2 Å². The van der Waals surface area contributed by atoms with Crippen molar-refractivity contribution >= 4 is 42.3 Å². The van der Waals surface area contributed by atoms with Gasteiger partial charge in [-0.3, -0.25) is 19.2 Å². The van der Waals surface area contributed by atoms with E-state index >= 15 is 0 Å². The maximum Gasteiger partial charge on any atom is 0.326 e. The number of hydrogen-bond acceptors (Lipinski definition) is 8. The monoisotopic (exact) mass is 477 g/mol. The molecule has 4 unspecified atom stereocenters. The van der Waals surface area contributed by atoms with E-state index in [0.717, 1.165) is 0 Å². The molecule has 0 aliphatic rings. The third-order valence-corrected chi connectivity index (χ3v) is 4.81. The van der Waals surface area contributed by atoms with Gasteiger partial charge in [-0.25, -0.2) is 4.79 Å². The van der Waals surface area contributed by atoms with Gasteiger partial charge in [-0.15, -0.1) is 0 Å². The molecule has 12 nitrogen and oxygen atoms in total. The Bertz CT molecular complexity index is 662. The molecule has 0 aliphatic carbocycles. The molecule has 0 rings (SSSR count). The van der Waals surface area contributed by atoms with Crippen molar-refractivity contribution in [1.29, 1.82) is 0 Å². The summed E-state index contributed by atoms with van der Waals surface area (Å²) in [5, 5.41) is 25.3. The molecule has 0 saturated carbocycles. The second kappa shape index (κ2) is 15.4. The zero-order valence-electron chi connectivity index (χ0n) is 18.4. The Kier molecular flexibility index (Phi) is 14.3. The summed E-state index contributed by atoms with van der Waals surface area (Å²) in [7, 11) is 0. The number of carbonyl (C=O) groups is 5. The lowest BCUT2D eigenvalue weighted by molar-refractivity contribution is -0.142. The Balaban J connectivity index is 5.19. The van der Waals surface area contributed by atoms with Gasteiger partial charge in [0.1, 0.15) is 18.1 Å². The quantitative estimate of drug-likeness (QED) is 0.0950. The summed E-state index contributed by atoms with van der Waals surface area (Å²) in [4.78, 5) is 59.6. The molecule has 184 valence electrons. The lowest BCUT2D eigenvalue weighted by atomic mass is 10.0. The van der Waals surface area contributed by atoms with Crippen LogP contribution in [-0.4, -0.2) is 76.3 Å². The topological polar surface area (TPSA) is 214 Å². The predicted molar refractivity (Wildman–Crippen MR) is 120 cm³/mol. The van der Waals surface area contributed by atoms with Crippen LogP contribution in [0.5, 0.6) is 0 Å². The van der Waals surface area contributed by atoms with Gasteiger partial charge >= 0.3 is 11.9 Å². The summed E-state index contributed by atoms with van der Waals surface area (Å²) in [6, 6.07) is -4.71. The predicted octanol–water partition coefficient (Wildman–Crippen LogP) is -1.57. The highest BCUT2D eigenvalue weighted by Gasteiger charge is 2.30. The molecular weight excluding hydrogens is 442 g/mol. The second-order valence-electron chi connectivity index (χ2n) is 7.82. The highest BCUT2D eigenvalue weighted by atomic mass is 32.1. The number of nitrogens with two attached hydrogens (primary N) is 2. The largest absolute Gasteiger partial charge is 0.481 e. The van der Waals surface area contributed by atoms with Crippen molar-refractivity contribution in [2.75, 3.05) is 12.3 Å². The number of amides is 3. The standard InChI is InChI=1S/C19H35N5O7S/c1-10(2)7-13(23-16(27)11(21)8-15(25)26)17(28)24-14(9-32)18(29)22-12(19(30)31)5-3-4-6-20/h10-14,32H,3-9,20-21H2,1-2H3,(H,22,29)(H,23,27)(H,24,28)(H,25,26)(H,30,31). The zero-order valence-corrected chi connectivity index (χ0v) is 19.3. The molecule has 0 spiro atoms. The lowest BCUT2D eigenvalue weighted by Crippen LogP contribution is -2.58. The molecule has 4 atom stereocenters. The van der Waals surface area contributed by atoms with E-state index in [1.807, 2.05) is 13.8 Å². The molecule has 3 amide bonds. The molecule has 0 radical (unpaired) electrons. The molecule has 0 fully saturated rings. The van der Waals surface area contributed by atoms with E-state index in [-0.39, 0.29) is 24.5 Å². The van der Waals surface area contributed by atoms with Crippen molar-refractivity contribution in [3.8, 4) is 0 Å². The first-order valence-electron chi connectivity index (χ1n) is 10.3. The fourth-order valence-corrected chi connectivity index (χ4v) is 3.01. The van der Waals surface area contributed by atoms with Crippen molar-refractivity contribution in [3.63, 3.8) is 0 Å². The Hall–Kier alpha value is -2.38. The zero-order chi connectivity index (χ0) is 24.8. The molecule has 32 heavy (non-hydrogen) atoms. The number of aliphatic carboxylic acids is 2. The van der Waals surface area contributed by atoms with E-state index in [4.69, 9.17) is 16.6 Å². The third-order valence-electron chi connectivity index (χ3n) is 4.45. The Labute approximate surface area is 192 Å². The maximum absolute atomic E-state index is 12.7. The Morgan fingerprint density at radius 3 is 1.88 bits per heavy atom. The summed E-state index contributed by atoms with van der Waals surface area (Å²) in [5.41, 5.74) is 10.9. The van der Waals surface area contributed by atoms with Crippen LogP contribution in [-0.2, 0) is 24.0 Å². The fourth-order valence-electron chi connectivity index (χ4n) is 2.75. The van der Waals surface area contributed by atoms with Gasteiger partial charge in [0.25, 0.3) is 0 Å². The van der Waals surface area contributed by atoms with Gasteiger partial charge in [0.2, 0.25) is 17.7 Å². The van der Waals surface area contributed by atoms with Crippen molar-refractivity contribution in [3.05, 3.63) is 0 Å². The van der Waals surface area contributed by atoms with Crippen molar-refractivity contribution in [2.24, 2.45) is 17.4 Å². The summed E-state index contributed by atoms with van der Waals surface area (Å²) < 4.78 is 0. The molecule has 9 N–H and O–H groups in total. The molecule has 0 bridgehead atoms. The summed E-state index contributed by atoms with van der Waals surface area (Å²) in [6.07, 6.45) is 0.885. The number of hydrogen-bond donors (Lipinski definition) is 8. The number of rotatable bonds is 16. The molecule has 0 heterocycles. The van der Waals surface area contributed by atoms with Gasteiger partial charge < -0.3 is 37.6 Å². The van der Waals surface area contributed by atoms with Crippen LogP contribution >= 0.6 is 12.6 Å². The highest BCUT2D eigenvalue weighted by molar-refractivity contribution is 7.80. The van der Waals surface area contributed by atoms with Crippen molar-refractivity contribution in [2.45, 2.75) is 70.1 Å². The van der Waals surface area contributed by atoms with Crippen LogP contribution in [0.3, 0.4) is 0 Å². The summed E-state index contributed by atoms with van der Waals surface area (Å²) in [5.74, 6) is -4.85. The van der Waals surface area contributed by atoms with Crippen LogP contribution in [0.25, 0.3) is 0 Å². The van der Waals surface area contributed by atoms with E-state index in [9.17, 15) is 29.1 Å². The first-order valence-corrected chi connectivity index (χ1v) is 11.0. The second-order valence-corrected chi connectivity index (χ2v) is 8.19. The van der Waals surface area contributed by atoms with Crippen LogP contribution in [0.2, 0.25) is 0 Å². The van der Waals surface area contributed by atoms with Gasteiger partial charge in [-0.05, 0) is 38.1 Å². The summed E-state index contributed by atoms with van der Waals surface area (Å²) >= 11 is 4.06. The lowest BCUT2D eigenvalue weighted by Gasteiger charge is -2.25. The normalized spacial score (nSPS) is 14.7. The van der Waals surface area contributed by atoms with Gasteiger partial charge in [-0.2, -0.15) is 12.6 Å². The molecular formula is C19H35N5O7S. The molecule has 0 aromatic heterocycles. The molecule has 0 aliphatic heterocycles. The molecule has 0 aromatic rings. The van der Waals surface area contributed by atoms with E-state index in [2.05, 4.69) is 28.6 Å². The minimum atomic E-state index is -1.34. The highest BCUT2D eigenvalue weighted by Crippen LogP contribution is 2.07. The first-order chi connectivity index (χ1) is 14.9. The van der Waals surface area contributed by atoms with Crippen LogP contribution in [0, 0.1) is 5.92 Å². The van der Waals surface area contributed by atoms with E-state index in [0.29, 0.717) is 19.4 Å². The SMILES string of the molecule is CC(C)CC(NC(=O)C(N)CC(=O)O)C(=O)NC(CS)C(=O)NC(CCCCN)C(=O)O. The van der Waals surface area contributed by atoms with Crippen LogP contribution in [0.1, 0.15) is 46.0 Å². The average molecular weight is 478 g/mol. The third kappa shape index (κ3) is 11.9. The van der Waals surface area contributed by atoms with Crippen LogP contribution in [0.15, 0.2) is 0 Å². The Morgan fingerprint density at radius 2 is 1.41 bits per heavy atom. The van der Waals surface area contributed by atoms with Crippen molar-refractivity contribution in [1.82, 2.24) is 16.0 Å². The fraction of sp³-hybridized carbons (Fsp3) is 0.737. The number of thiol groups is 1. The van der Waals surface area contributed by atoms with Gasteiger partial charge in [-0.1, -0.05) is 13.8 Å². The number of carboxylic acid groups (broad SMARTS) is 2. The smallest absolute Gasteiger partial charge is 0.326 e. The summed E-state index contributed by atoms with van der Waals surface area (Å²) in [6.45, 7) is 4.02. The number of unbranched alkanes of at least 4 members (excludes halogenated alkanes) is 1. The van der Waals surface area contributed by atoms with E-state index < -0.39 is 60.2 Å². The minimum Gasteiger partial charge on any atom is -0.481 e. The first kappa shape index (κ1) is 29.6. The molecule has 0 saturated heterocycles. The average Bonchev–Trinajstić information content (AvgIpc) is 2.69. The van der Waals surface area contributed by atoms with Crippen LogP contribution in [0.4, 0.5) is 0 Å². The minimum absolute atomic E-state index is 0.0241. The molecule has 0 aromatic carbocycles. The van der Waals surface area contributed by atoms with Gasteiger partial charge in [0, 0.05) is 5.75 Å². The van der Waals surface area contributed by atoms with E-state index in [1.54, 1.807) is 0 Å². The van der Waals surface area contributed by atoms with Crippen LogP contribution < -0.4 is 27.4 Å². The number of nitrogens with one attached hydrogen (secondary N) is 3. The van der Waals surface area contributed by atoms with E-state index in [1.165, 1.54) is 0 Å². The number of carboxylic acids is 2. The molecule has 13 heteroatoms. The Morgan fingerprint density at radius 1 is 0.875 bits per heavy atom. The maximum atomic E-state index is 12.7.